The van der Waals surface area contributed by atoms with Crippen molar-refractivity contribution in [1.29, 1.82) is 0 Å². The lowest BCUT2D eigenvalue weighted by Crippen LogP contribution is -2.37. The Morgan fingerprint density at radius 3 is 2.94 bits per heavy atom. The van der Waals surface area contributed by atoms with Crippen LogP contribution in [0.2, 0.25) is 0 Å². The average molecular weight is 223 g/mol. The zero-order valence-corrected chi connectivity index (χ0v) is 9.64. The number of rotatable bonds is 3. The summed E-state index contributed by atoms with van der Waals surface area (Å²) in [6.07, 6.45) is 1.68. The van der Waals surface area contributed by atoms with Crippen molar-refractivity contribution >= 4 is 5.97 Å². The van der Waals surface area contributed by atoms with Crippen molar-refractivity contribution in [3.8, 4) is 0 Å². The number of nitrogens with zero attached hydrogens (tertiary/aromatic N) is 1. The maximum absolute atomic E-state index is 11.1. The van der Waals surface area contributed by atoms with Gasteiger partial charge in [0.15, 0.2) is 0 Å². The molecule has 1 N–H and O–H groups in total. The van der Waals surface area contributed by atoms with Crippen LogP contribution in [0.25, 0.3) is 0 Å². The molecule has 88 valence electrons. The summed E-state index contributed by atoms with van der Waals surface area (Å²) < 4.78 is 5.55. The molecular weight excluding hydrogens is 206 g/mol. The summed E-state index contributed by atoms with van der Waals surface area (Å²) in [6, 6.07) is 3.52. The number of furan rings is 1. The molecule has 1 aromatic heterocycles. The zero-order valence-electron chi connectivity index (χ0n) is 9.64. The van der Waals surface area contributed by atoms with Gasteiger partial charge in [-0.25, -0.2) is 0 Å². The van der Waals surface area contributed by atoms with Gasteiger partial charge in [-0.15, -0.1) is 0 Å². The summed E-state index contributed by atoms with van der Waals surface area (Å²) in [6.45, 7) is 4.73. The van der Waals surface area contributed by atoms with Crippen LogP contribution in [0.15, 0.2) is 16.5 Å². The monoisotopic (exact) mass is 223 g/mol. The Morgan fingerprint density at radius 2 is 2.38 bits per heavy atom. The fraction of sp³-hybridized carbons (Fsp3) is 0.583. The molecule has 0 radical (unpaired) electrons. The van der Waals surface area contributed by atoms with Gasteiger partial charge in [0.2, 0.25) is 0 Å². The van der Waals surface area contributed by atoms with Gasteiger partial charge in [0.25, 0.3) is 0 Å². The molecule has 16 heavy (non-hydrogen) atoms. The number of carbonyl (C=O) groups is 1. The lowest BCUT2D eigenvalue weighted by atomic mass is 10.1. The molecule has 4 heteroatoms. The second-order valence-electron chi connectivity index (χ2n) is 4.36. The first kappa shape index (κ1) is 11.2. The SMILES string of the molecule is Cc1ccc(C(C)N2CCCC2C(=O)O)o1. The highest BCUT2D eigenvalue weighted by molar-refractivity contribution is 5.73. The highest BCUT2D eigenvalue weighted by Gasteiger charge is 2.35. The fourth-order valence-electron chi connectivity index (χ4n) is 2.36. The van der Waals surface area contributed by atoms with E-state index in [4.69, 9.17) is 9.52 Å². The van der Waals surface area contributed by atoms with Crippen molar-refractivity contribution in [3.05, 3.63) is 23.7 Å². The molecule has 1 aliphatic rings. The summed E-state index contributed by atoms with van der Waals surface area (Å²) in [5.41, 5.74) is 0. The van der Waals surface area contributed by atoms with Gasteiger partial charge in [-0.1, -0.05) is 0 Å². The van der Waals surface area contributed by atoms with Gasteiger partial charge in [-0.3, -0.25) is 9.69 Å². The minimum absolute atomic E-state index is 0.0392. The van der Waals surface area contributed by atoms with Gasteiger partial charge >= 0.3 is 5.97 Å². The van der Waals surface area contributed by atoms with Crippen LogP contribution in [0.1, 0.15) is 37.3 Å². The highest BCUT2D eigenvalue weighted by atomic mass is 16.4. The van der Waals surface area contributed by atoms with Crippen molar-refractivity contribution in [3.63, 3.8) is 0 Å². The Bertz CT molecular complexity index is 385. The van der Waals surface area contributed by atoms with Crippen LogP contribution in [-0.4, -0.2) is 28.6 Å². The number of aryl methyl sites for hydroxylation is 1. The lowest BCUT2D eigenvalue weighted by molar-refractivity contribution is -0.143. The normalized spacial score (nSPS) is 23.5. The van der Waals surface area contributed by atoms with E-state index >= 15 is 0 Å². The van der Waals surface area contributed by atoms with Gasteiger partial charge in [0.05, 0.1) is 6.04 Å². The molecule has 2 unspecified atom stereocenters. The van der Waals surface area contributed by atoms with Crippen molar-refractivity contribution in [1.82, 2.24) is 4.90 Å². The van der Waals surface area contributed by atoms with Crippen molar-refractivity contribution < 1.29 is 14.3 Å². The first-order chi connectivity index (χ1) is 7.59. The minimum Gasteiger partial charge on any atom is -0.480 e. The molecule has 2 rings (SSSR count). The number of hydrogen-bond acceptors (Lipinski definition) is 3. The van der Waals surface area contributed by atoms with Crippen LogP contribution >= 0.6 is 0 Å². The molecule has 2 heterocycles. The maximum atomic E-state index is 11.1. The van der Waals surface area contributed by atoms with E-state index in [2.05, 4.69) is 0 Å². The Balaban J connectivity index is 2.15. The molecule has 0 saturated carbocycles. The summed E-state index contributed by atoms with van der Waals surface area (Å²) in [5, 5.41) is 9.11. The van der Waals surface area contributed by atoms with Crippen molar-refractivity contribution in [2.24, 2.45) is 0 Å². The topological polar surface area (TPSA) is 53.7 Å². The van der Waals surface area contributed by atoms with Crippen LogP contribution in [0.3, 0.4) is 0 Å². The van der Waals surface area contributed by atoms with Gasteiger partial charge in [0.1, 0.15) is 17.6 Å². The largest absolute Gasteiger partial charge is 0.480 e. The van der Waals surface area contributed by atoms with E-state index in [9.17, 15) is 4.79 Å². The van der Waals surface area contributed by atoms with Crippen molar-refractivity contribution in [2.75, 3.05) is 6.54 Å². The van der Waals surface area contributed by atoms with E-state index in [1.807, 2.05) is 30.9 Å². The molecule has 0 aliphatic carbocycles. The third-order valence-electron chi connectivity index (χ3n) is 3.25. The Labute approximate surface area is 94.9 Å². The average Bonchev–Trinajstić information content (AvgIpc) is 2.84. The second-order valence-corrected chi connectivity index (χ2v) is 4.36. The quantitative estimate of drug-likeness (QED) is 0.853. The zero-order chi connectivity index (χ0) is 11.7. The van der Waals surface area contributed by atoms with E-state index < -0.39 is 5.97 Å². The van der Waals surface area contributed by atoms with Crippen LogP contribution in [0, 0.1) is 6.92 Å². The summed E-state index contributed by atoms with van der Waals surface area (Å²) in [7, 11) is 0. The Kier molecular flexibility index (Phi) is 3.01. The van der Waals surface area contributed by atoms with Gasteiger partial charge in [-0.2, -0.15) is 0 Å². The number of likely N-dealkylation sites (tertiary alicyclic amines) is 1. The van der Waals surface area contributed by atoms with E-state index in [0.717, 1.165) is 30.9 Å². The third kappa shape index (κ3) is 1.97. The highest BCUT2D eigenvalue weighted by Crippen LogP contribution is 2.30. The molecule has 0 spiro atoms. The summed E-state index contributed by atoms with van der Waals surface area (Å²) >= 11 is 0. The minimum atomic E-state index is -0.729. The molecular formula is C12H17NO3. The first-order valence-electron chi connectivity index (χ1n) is 5.64. The molecule has 2 atom stereocenters. The lowest BCUT2D eigenvalue weighted by Gasteiger charge is -2.26. The van der Waals surface area contributed by atoms with E-state index in [0.29, 0.717) is 0 Å². The molecule has 4 nitrogen and oxygen atoms in total. The van der Waals surface area contributed by atoms with Gasteiger partial charge in [-0.05, 0) is 45.4 Å². The first-order valence-corrected chi connectivity index (χ1v) is 5.64. The number of aliphatic carboxylic acids is 1. The molecule has 1 saturated heterocycles. The molecule has 1 aromatic rings. The summed E-state index contributed by atoms with van der Waals surface area (Å²) in [4.78, 5) is 13.1. The summed E-state index contributed by atoms with van der Waals surface area (Å²) in [5.74, 6) is 0.992. The van der Waals surface area contributed by atoms with Crippen LogP contribution in [0.5, 0.6) is 0 Å². The number of carboxylic acids is 1. The second kappa shape index (κ2) is 4.29. The van der Waals surface area contributed by atoms with E-state index in [1.165, 1.54) is 0 Å². The molecule has 0 amide bonds. The van der Waals surface area contributed by atoms with Crippen molar-refractivity contribution in [2.45, 2.75) is 38.8 Å². The van der Waals surface area contributed by atoms with E-state index in [1.54, 1.807) is 0 Å². The molecule has 1 aliphatic heterocycles. The predicted octanol–water partition coefficient (Wildman–Crippen LogP) is 2.20. The van der Waals surface area contributed by atoms with Gasteiger partial charge in [0, 0.05) is 0 Å². The van der Waals surface area contributed by atoms with Gasteiger partial charge < -0.3 is 9.52 Å². The number of carboxylic acid groups (broad SMARTS) is 1. The van der Waals surface area contributed by atoms with Crippen LogP contribution in [-0.2, 0) is 4.79 Å². The standard InChI is InChI=1S/C12H17NO3/c1-8-5-6-11(16-8)9(2)13-7-3-4-10(13)12(14)15/h5-6,9-10H,3-4,7H2,1-2H3,(H,14,15). The molecule has 1 fully saturated rings. The molecule has 0 bridgehead atoms. The maximum Gasteiger partial charge on any atom is 0.320 e. The number of hydrogen-bond donors (Lipinski definition) is 1. The van der Waals surface area contributed by atoms with Crippen LogP contribution in [0.4, 0.5) is 0 Å². The van der Waals surface area contributed by atoms with E-state index in [-0.39, 0.29) is 12.1 Å². The smallest absolute Gasteiger partial charge is 0.320 e. The fourth-order valence-corrected chi connectivity index (χ4v) is 2.36. The Morgan fingerprint density at radius 1 is 1.62 bits per heavy atom. The van der Waals surface area contributed by atoms with Crippen LogP contribution < -0.4 is 0 Å². The predicted molar refractivity (Wildman–Crippen MR) is 59.2 cm³/mol. The molecule has 0 aromatic carbocycles. The third-order valence-corrected chi connectivity index (χ3v) is 3.25. The Hall–Kier alpha value is -1.29.